The Kier molecular flexibility index (Phi) is 10.7. The van der Waals surface area contributed by atoms with Gasteiger partial charge in [0.05, 0.1) is 32.1 Å². The third-order valence-corrected chi connectivity index (χ3v) is 9.11. The Morgan fingerprint density at radius 3 is 2.13 bits per heavy atom. The van der Waals surface area contributed by atoms with E-state index in [2.05, 4.69) is 4.98 Å². The van der Waals surface area contributed by atoms with E-state index in [-0.39, 0.29) is 25.0 Å². The van der Waals surface area contributed by atoms with Crippen LogP contribution in [0.25, 0.3) is 0 Å². The highest BCUT2D eigenvalue weighted by Gasteiger charge is 2.55. The van der Waals surface area contributed by atoms with Crippen molar-refractivity contribution in [3.05, 3.63) is 128 Å². The first kappa shape index (κ1) is 33.7. The molecule has 244 valence electrons. The van der Waals surface area contributed by atoms with E-state index in [1.807, 2.05) is 60.7 Å². The highest BCUT2D eigenvalue weighted by atomic mass is 31.1. The quantitative estimate of drug-likeness (QED) is 0.119. The molecule has 1 saturated heterocycles. The first-order valence-corrected chi connectivity index (χ1v) is 16.0. The molecular formula is C34H35N3O9P+. The summed E-state index contributed by atoms with van der Waals surface area (Å²) in [6, 6.07) is 25.8. The molecule has 2 heterocycles. The monoisotopic (exact) mass is 660 g/mol. The number of nitrogens with zero attached hydrogens (tertiary/aromatic N) is 2. The van der Waals surface area contributed by atoms with Gasteiger partial charge in [0.25, 0.3) is 5.56 Å². The van der Waals surface area contributed by atoms with Crippen LogP contribution in [0.15, 0.2) is 94.6 Å². The maximum atomic E-state index is 13.0. The zero-order valence-electron chi connectivity index (χ0n) is 26.1. The second kappa shape index (κ2) is 14.9. The first-order chi connectivity index (χ1) is 22.7. The Hall–Kier alpha value is -4.63. The molecule has 2 N–H and O–H groups in total. The van der Waals surface area contributed by atoms with Gasteiger partial charge in [-0.1, -0.05) is 54.6 Å². The number of hydrogen-bond donors (Lipinski definition) is 2. The molecule has 5 atom stereocenters. The molecule has 3 aromatic carbocycles. The van der Waals surface area contributed by atoms with Crippen LogP contribution in [0.1, 0.15) is 41.3 Å². The fraction of sp³-hybridized carbons (Fsp3) is 0.324. The van der Waals surface area contributed by atoms with E-state index in [9.17, 15) is 19.3 Å². The van der Waals surface area contributed by atoms with Crippen molar-refractivity contribution in [2.24, 2.45) is 0 Å². The van der Waals surface area contributed by atoms with Gasteiger partial charge in [-0.15, -0.1) is 9.05 Å². The first-order valence-electron chi connectivity index (χ1n) is 14.9. The number of aliphatic hydroxyl groups is 1. The van der Waals surface area contributed by atoms with Crippen molar-refractivity contribution in [1.29, 1.82) is 5.26 Å². The third-order valence-electron chi connectivity index (χ3n) is 8.28. The zero-order chi connectivity index (χ0) is 33.6. The summed E-state index contributed by atoms with van der Waals surface area (Å²) in [7, 11) is 0.380. The molecule has 4 aromatic rings. The lowest BCUT2D eigenvalue weighted by Crippen LogP contribution is -2.51. The molecule has 0 radical (unpaired) electrons. The van der Waals surface area contributed by atoms with E-state index in [4.69, 9.17) is 28.5 Å². The molecule has 0 aliphatic carbocycles. The molecule has 0 spiro atoms. The number of hydrogen-bond acceptors (Lipinski definition) is 10. The van der Waals surface area contributed by atoms with Gasteiger partial charge in [0.15, 0.2) is 0 Å². The van der Waals surface area contributed by atoms with Gasteiger partial charge in [0.1, 0.15) is 42.6 Å². The summed E-state index contributed by atoms with van der Waals surface area (Å²) in [6.45, 7) is 1.43. The average Bonchev–Trinajstić information content (AvgIpc) is 3.50. The maximum absolute atomic E-state index is 13.0. The molecular weight excluding hydrogens is 625 g/mol. The minimum Gasteiger partial charge on any atom is -0.497 e. The second-order valence-corrected chi connectivity index (χ2v) is 11.9. The zero-order valence-corrected chi connectivity index (χ0v) is 27.0. The van der Waals surface area contributed by atoms with Crippen LogP contribution in [0.2, 0.25) is 0 Å². The number of aromatic nitrogens is 2. The average molecular weight is 661 g/mol. The predicted molar refractivity (Wildman–Crippen MR) is 172 cm³/mol. The minimum absolute atomic E-state index is 0.00160. The highest BCUT2D eigenvalue weighted by molar-refractivity contribution is 7.33. The number of aryl methyl sites for hydroxylation is 1. The summed E-state index contributed by atoms with van der Waals surface area (Å²) in [6.07, 6.45) is -3.33. The van der Waals surface area contributed by atoms with Crippen LogP contribution in [0.3, 0.4) is 0 Å². The standard InChI is InChI=1S/C34H34N3O9P/c1-22-21-37(33(40)36-32(22)39)29-20-28(46-47(41)44-19-7-18-35)30(45-29)31(38)34(23-8-5-4-6-9-23,24-10-14-26(42-2)15-11-24)25-12-16-27(43-3)17-13-25/h4-6,8-17,21,28-31,38H,7,19-20H2,1-3H3/p+1/t28-,29+,30-,31?/m0/s1. The lowest BCUT2D eigenvalue weighted by atomic mass is 9.64. The smallest absolute Gasteiger partial charge is 0.497 e. The van der Waals surface area contributed by atoms with E-state index in [1.165, 1.54) is 10.8 Å². The maximum Gasteiger partial charge on any atom is 0.697 e. The number of benzene rings is 3. The molecule has 2 unspecified atom stereocenters. The lowest BCUT2D eigenvalue weighted by Gasteiger charge is -2.42. The number of H-pyrrole nitrogens is 1. The van der Waals surface area contributed by atoms with Crippen molar-refractivity contribution >= 4 is 8.25 Å². The van der Waals surface area contributed by atoms with Gasteiger partial charge in [-0.05, 0) is 47.9 Å². The van der Waals surface area contributed by atoms with Crippen LogP contribution >= 0.6 is 8.25 Å². The van der Waals surface area contributed by atoms with Crippen LogP contribution in [0.5, 0.6) is 11.5 Å². The highest BCUT2D eigenvalue weighted by Crippen LogP contribution is 2.48. The number of nitrogens with one attached hydrogen (secondary N) is 1. The normalized spacial score (nSPS) is 18.7. The van der Waals surface area contributed by atoms with E-state index < -0.39 is 49.5 Å². The van der Waals surface area contributed by atoms with Gasteiger partial charge in [0, 0.05) is 22.7 Å². The molecule has 0 amide bonds. The van der Waals surface area contributed by atoms with Crippen molar-refractivity contribution in [2.45, 2.75) is 49.7 Å². The minimum atomic E-state index is -2.74. The molecule has 5 rings (SSSR count). The molecule has 0 saturated carbocycles. The summed E-state index contributed by atoms with van der Waals surface area (Å²) in [5, 5.41) is 21.7. The van der Waals surface area contributed by atoms with Crippen molar-refractivity contribution in [1.82, 2.24) is 9.55 Å². The SMILES string of the molecule is COc1ccc(C(c2ccccc2)(c2ccc(OC)cc2)C(O)[C@H]2O[C@@H](n3cc(C)c(=O)[nH]c3=O)C[C@@H]2O[P+](=O)OCCC#N)cc1. The molecule has 1 fully saturated rings. The molecule has 1 aliphatic rings. The topological polar surface area (TPSA) is 162 Å². The van der Waals surface area contributed by atoms with Crippen LogP contribution in [0.4, 0.5) is 0 Å². The number of nitriles is 1. The van der Waals surface area contributed by atoms with Crippen LogP contribution in [0, 0.1) is 18.3 Å². The Balaban J connectivity index is 1.69. The van der Waals surface area contributed by atoms with Crippen LogP contribution in [-0.2, 0) is 23.8 Å². The lowest BCUT2D eigenvalue weighted by molar-refractivity contribution is -0.0946. The fourth-order valence-corrected chi connectivity index (χ4v) is 6.72. The summed E-state index contributed by atoms with van der Waals surface area (Å²) >= 11 is 0. The van der Waals surface area contributed by atoms with Crippen LogP contribution in [-0.4, -0.2) is 53.8 Å². The fourth-order valence-electron chi connectivity index (χ4n) is 5.99. The molecule has 12 nitrogen and oxygen atoms in total. The number of methoxy groups -OCH3 is 2. The molecule has 1 aromatic heterocycles. The Bertz CT molecular complexity index is 1790. The van der Waals surface area contributed by atoms with Crippen LogP contribution < -0.4 is 20.7 Å². The van der Waals surface area contributed by atoms with Gasteiger partial charge in [-0.25, -0.2) is 4.79 Å². The van der Waals surface area contributed by atoms with Crippen molar-refractivity contribution in [3.63, 3.8) is 0 Å². The summed E-state index contributed by atoms with van der Waals surface area (Å²) in [5.74, 6) is 1.22. The summed E-state index contributed by atoms with van der Waals surface area (Å²) in [5.41, 5.74) is -0.228. The van der Waals surface area contributed by atoms with Gasteiger partial charge in [-0.2, -0.15) is 5.26 Å². The second-order valence-electron chi connectivity index (χ2n) is 11.0. The molecule has 13 heteroatoms. The van der Waals surface area contributed by atoms with E-state index >= 15 is 0 Å². The van der Waals surface area contributed by atoms with E-state index in [1.54, 1.807) is 45.4 Å². The van der Waals surface area contributed by atoms with E-state index in [0.29, 0.717) is 28.2 Å². The summed E-state index contributed by atoms with van der Waals surface area (Å²) < 4.78 is 42.6. The number of rotatable bonds is 13. The van der Waals surface area contributed by atoms with Gasteiger partial charge < -0.3 is 19.3 Å². The van der Waals surface area contributed by atoms with Gasteiger partial charge >= 0.3 is 13.9 Å². The van der Waals surface area contributed by atoms with Gasteiger partial charge in [0.2, 0.25) is 0 Å². The number of ether oxygens (including phenoxy) is 3. The van der Waals surface area contributed by atoms with Crippen molar-refractivity contribution in [2.75, 3.05) is 20.8 Å². The largest absolute Gasteiger partial charge is 0.697 e. The van der Waals surface area contributed by atoms with E-state index in [0.717, 1.165) is 0 Å². The molecule has 1 aliphatic heterocycles. The molecule has 47 heavy (non-hydrogen) atoms. The Morgan fingerprint density at radius 2 is 1.57 bits per heavy atom. The van der Waals surface area contributed by atoms with Crippen molar-refractivity contribution in [3.8, 4) is 17.6 Å². The predicted octanol–water partition coefficient (Wildman–Crippen LogP) is 4.52. The number of aliphatic hydroxyl groups excluding tert-OH is 1. The number of aromatic amines is 1. The Morgan fingerprint density at radius 1 is 1.00 bits per heavy atom. The van der Waals surface area contributed by atoms with Gasteiger partial charge in [-0.3, -0.25) is 14.3 Å². The Labute approximate surface area is 272 Å². The van der Waals surface area contributed by atoms with Crippen molar-refractivity contribution < 1.29 is 32.9 Å². The third kappa shape index (κ3) is 6.90. The molecule has 0 bridgehead atoms. The summed E-state index contributed by atoms with van der Waals surface area (Å²) in [4.78, 5) is 27.3.